The average molecular weight is 331 g/mol. The van der Waals surface area contributed by atoms with Crippen molar-refractivity contribution in [2.75, 3.05) is 6.61 Å². The quantitative estimate of drug-likeness (QED) is 0.631. The maximum Gasteiger partial charge on any atom is 0.352 e. The van der Waals surface area contributed by atoms with Crippen molar-refractivity contribution in [2.24, 2.45) is 0 Å². The zero-order chi connectivity index (χ0) is 14.5. The third-order valence-electron chi connectivity index (χ3n) is 2.22. The molecule has 2 aromatic rings. The molecule has 0 bridgehead atoms. The minimum absolute atomic E-state index is 0.0646. The van der Waals surface area contributed by atoms with Crippen LogP contribution in [0, 0.1) is 0 Å². The van der Waals surface area contributed by atoms with Crippen molar-refractivity contribution >= 4 is 46.5 Å². The average Bonchev–Trinajstić information content (AvgIpc) is 2.78. The van der Waals surface area contributed by atoms with Crippen LogP contribution in [0.1, 0.15) is 10.4 Å². The Kier molecular flexibility index (Phi) is 5.00. The number of para-hydroxylation sites is 1. The number of carbonyl (C=O) groups excluding carboxylic acids is 2. The van der Waals surface area contributed by atoms with E-state index in [0.717, 1.165) is 11.3 Å². The van der Waals surface area contributed by atoms with E-state index in [1.807, 2.05) is 6.07 Å². The summed E-state index contributed by atoms with van der Waals surface area (Å²) in [4.78, 5) is 23.1. The molecule has 104 valence electrons. The molecule has 0 aliphatic carbocycles. The van der Waals surface area contributed by atoms with Gasteiger partial charge in [-0.1, -0.05) is 41.4 Å². The lowest BCUT2D eigenvalue weighted by Gasteiger charge is -2.05. The molecule has 0 aliphatic rings. The van der Waals surface area contributed by atoms with Crippen LogP contribution in [0.25, 0.3) is 0 Å². The minimum Gasteiger partial charge on any atom is -0.482 e. The van der Waals surface area contributed by atoms with Gasteiger partial charge in [0, 0.05) is 5.38 Å². The van der Waals surface area contributed by atoms with Gasteiger partial charge in [-0.3, -0.25) is 0 Å². The molecule has 0 saturated carbocycles. The number of rotatable bonds is 4. The molecule has 0 amide bonds. The normalized spacial score (nSPS) is 10.1. The van der Waals surface area contributed by atoms with E-state index in [9.17, 15) is 9.59 Å². The zero-order valence-electron chi connectivity index (χ0n) is 9.97. The van der Waals surface area contributed by atoms with E-state index < -0.39 is 11.9 Å². The van der Waals surface area contributed by atoms with E-state index in [4.69, 9.17) is 27.9 Å². The fourth-order valence-electron chi connectivity index (χ4n) is 1.30. The van der Waals surface area contributed by atoms with E-state index in [2.05, 4.69) is 4.74 Å². The van der Waals surface area contributed by atoms with Crippen LogP contribution in [-0.4, -0.2) is 18.5 Å². The third kappa shape index (κ3) is 3.72. The smallest absolute Gasteiger partial charge is 0.352 e. The summed E-state index contributed by atoms with van der Waals surface area (Å²) in [5.41, 5.74) is 0.0646. The summed E-state index contributed by atoms with van der Waals surface area (Å²) in [6.45, 7) is -0.370. The Morgan fingerprint density at radius 3 is 2.45 bits per heavy atom. The Hall–Kier alpha value is -1.56. The Morgan fingerprint density at radius 2 is 1.85 bits per heavy atom. The minimum atomic E-state index is -0.847. The lowest BCUT2D eigenvalue weighted by Crippen LogP contribution is -2.19. The van der Waals surface area contributed by atoms with Crippen LogP contribution >= 0.6 is 34.5 Å². The van der Waals surface area contributed by atoms with Crippen LogP contribution in [0.15, 0.2) is 35.7 Å². The number of thiophene rings is 1. The van der Waals surface area contributed by atoms with Crippen LogP contribution in [0.3, 0.4) is 0 Å². The Labute approximate surface area is 128 Å². The van der Waals surface area contributed by atoms with Crippen molar-refractivity contribution in [2.45, 2.75) is 0 Å². The van der Waals surface area contributed by atoms with Gasteiger partial charge in [-0.25, -0.2) is 9.59 Å². The molecule has 0 radical (unpaired) electrons. The Balaban J connectivity index is 1.89. The van der Waals surface area contributed by atoms with Gasteiger partial charge in [0.2, 0.25) is 0 Å². The molecule has 0 unspecified atom stereocenters. The van der Waals surface area contributed by atoms with E-state index in [1.54, 1.807) is 24.3 Å². The highest BCUT2D eigenvalue weighted by Crippen LogP contribution is 2.32. The van der Waals surface area contributed by atoms with Gasteiger partial charge in [-0.2, -0.15) is 0 Å². The molecular formula is C13H8Cl2O4S. The molecule has 0 saturated heterocycles. The van der Waals surface area contributed by atoms with E-state index in [-0.39, 0.29) is 21.5 Å². The summed E-state index contributed by atoms with van der Waals surface area (Å²) < 4.78 is 10.0. The second-order valence-electron chi connectivity index (χ2n) is 3.60. The van der Waals surface area contributed by atoms with Crippen molar-refractivity contribution in [1.82, 2.24) is 0 Å². The number of ether oxygens (including phenoxy) is 2. The van der Waals surface area contributed by atoms with Crippen molar-refractivity contribution in [3.8, 4) is 5.75 Å². The van der Waals surface area contributed by atoms with Crippen molar-refractivity contribution in [1.29, 1.82) is 0 Å². The van der Waals surface area contributed by atoms with E-state index in [0.29, 0.717) is 5.75 Å². The lowest BCUT2D eigenvalue weighted by atomic mass is 10.3. The van der Waals surface area contributed by atoms with Gasteiger partial charge in [0.15, 0.2) is 6.61 Å². The van der Waals surface area contributed by atoms with Crippen LogP contribution in [-0.2, 0) is 9.53 Å². The first kappa shape index (κ1) is 14.8. The van der Waals surface area contributed by atoms with Crippen LogP contribution in [0.4, 0.5) is 0 Å². The highest BCUT2D eigenvalue weighted by atomic mass is 35.5. The number of benzene rings is 1. The number of halogens is 2. The summed E-state index contributed by atoms with van der Waals surface area (Å²) in [6.07, 6.45) is 0. The first-order valence-electron chi connectivity index (χ1n) is 5.43. The SMILES string of the molecule is O=C(COc1ccccc1)OC(=O)c1csc(Cl)c1Cl. The number of hydrogen-bond acceptors (Lipinski definition) is 5. The summed E-state index contributed by atoms with van der Waals surface area (Å²) >= 11 is 12.6. The summed E-state index contributed by atoms with van der Waals surface area (Å²) in [6, 6.07) is 8.71. The first-order valence-corrected chi connectivity index (χ1v) is 7.07. The molecule has 7 heteroatoms. The molecule has 2 rings (SSSR count). The third-order valence-corrected chi connectivity index (χ3v) is 4.04. The van der Waals surface area contributed by atoms with Crippen molar-refractivity contribution in [3.63, 3.8) is 0 Å². The van der Waals surface area contributed by atoms with Crippen LogP contribution in [0.5, 0.6) is 5.75 Å². The molecule has 0 atom stereocenters. The summed E-state index contributed by atoms with van der Waals surface area (Å²) in [7, 11) is 0. The molecule has 0 N–H and O–H groups in total. The van der Waals surface area contributed by atoms with E-state index in [1.165, 1.54) is 5.38 Å². The molecule has 0 spiro atoms. The van der Waals surface area contributed by atoms with Crippen molar-refractivity contribution < 1.29 is 19.1 Å². The van der Waals surface area contributed by atoms with E-state index >= 15 is 0 Å². The molecule has 1 aromatic carbocycles. The second-order valence-corrected chi connectivity index (χ2v) is 5.46. The molecular weight excluding hydrogens is 323 g/mol. The van der Waals surface area contributed by atoms with Gasteiger partial charge in [0.05, 0.1) is 10.6 Å². The molecule has 4 nitrogen and oxygen atoms in total. The maximum absolute atomic E-state index is 11.7. The Morgan fingerprint density at radius 1 is 1.15 bits per heavy atom. The van der Waals surface area contributed by atoms with Gasteiger partial charge in [0.25, 0.3) is 0 Å². The number of esters is 2. The molecule has 20 heavy (non-hydrogen) atoms. The molecule has 1 heterocycles. The Bertz CT molecular complexity index is 625. The highest BCUT2D eigenvalue weighted by molar-refractivity contribution is 7.15. The van der Waals surface area contributed by atoms with Gasteiger partial charge in [-0.05, 0) is 12.1 Å². The fourth-order valence-corrected chi connectivity index (χ4v) is 2.52. The maximum atomic E-state index is 11.7. The van der Waals surface area contributed by atoms with Crippen LogP contribution in [0.2, 0.25) is 9.36 Å². The molecule has 0 aliphatic heterocycles. The standard InChI is InChI=1S/C13H8Cl2O4S/c14-11-9(7-20-12(11)15)13(17)19-10(16)6-18-8-4-2-1-3-5-8/h1-5,7H,6H2. The predicted molar refractivity (Wildman–Crippen MR) is 76.7 cm³/mol. The van der Waals surface area contributed by atoms with Gasteiger partial charge < -0.3 is 9.47 Å². The molecule has 0 fully saturated rings. The van der Waals surface area contributed by atoms with Gasteiger partial charge in [0.1, 0.15) is 10.1 Å². The molecule has 1 aromatic heterocycles. The first-order chi connectivity index (χ1) is 9.58. The predicted octanol–water partition coefficient (Wildman–Crippen LogP) is 3.82. The topological polar surface area (TPSA) is 52.6 Å². The zero-order valence-corrected chi connectivity index (χ0v) is 12.3. The van der Waals surface area contributed by atoms with Crippen LogP contribution < -0.4 is 4.74 Å². The highest BCUT2D eigenvalue weighted by Gasteiger charge is 2.19. The second kappa shape index (κ2) is 6.74. The van der Waals surface area contributed by atoms with Gasteiger partial charge >= 0.3 is 11.9 Å². The summed E-state index contributed by atoms with van der Waals surface area (Å²) in [5.74, 6) is -1.15. The number of hydrogen-bond donors (Lipinski definition) is 0. The monoisotopic (exact) mass is 330 g/mol. The van der Waals surface area contributed by atoms with Crippen molar-refractivity contribution in [3.05, 3.63) is 50.6 Å². The lowest BCUT2D eigenvalue weighted by molar-refractivity contribution is -0.140. The number of carbonyl (C=O) groups is 2. The fraction of sp³-hybridized carbons (Fsp3) is 0.0769. The summed E-state index contributed by atoms with van der Waals surface area (Å²) in [5, 5.41) is 1.51. The largest absolute Gasteiger partial charge is 0.482 e. The van der Waals surface area contributed by atoms with Gasteiger partial charge in [-0.15, -0.1) is 11.3 Å².